The fraction of sp³-hybridized carbons (Fsp3) is 0.333. The van der Waals surface area contributed by atoms with Crippen molar-refractivity contribution < 1.29 is 9.84 Å². The lowest BCUT2D eigenvalue weighted by Crippen LogP contribution is -2.12. The van der Waals surface area contributed by atoms with Crippen LogP contribution in [-0.4, -0.2) is 18.5 Å². The molecule has 1 atom stereocenters. The predicted octanol–water partition coefficient (Wildman–Crippen LogP) is 1.96. The van der Waals surface area contributed by atoms with Gasteiger partial charge in [0.2, 0.25) is 0 Å². The van der Waals surface area contributed by atoms with E-state index >= 15 is 0 Å². The van der Waals surface area contributed by atoms with Gasteiger partial charge >= 0.3 is 0 Å². The number of benzene rings is 1. The molecule has 0 radical (unpaired) electrons. The van der Waals surface area contributed by atoms with Crippen molar-refractivity contribution in [2.24, 2.45) is 0 Å². The Morgan fingerprint density at radius 3 is 2.92 bits per heavy atom. The molecule has 1 N–H and O–H groups in total. The first-order valence-corrected chi connectivity index (χ1v) is 4.47. The van der Waals surface area contributed by atoms with Crippen molar-refractivity contribution in [1.82, 2.24) is 0 Å². The van der Waals surface area contributed by atoms with Crippen LogP contribution in [0.1, 0.15) is 5.56 Å². The Kier molecular flexibility index (Phi) is 3.72. The smallest absolute Gasteiger partial charge is 0.158 e. The molecule has 0 aliphatic heterocycles. The lowest BCUT2D eigenvalue weighted by Gasteiger charge is -2.07. The molecule has 66 valence electrons. The average Bonchev–Trinajstić information content (AvgIpc) is 2.04. The highest BCUT2D eigenvalue weighted by Gasteiger charge is 2.02. The van der Waals surface area contributed by atoms with Crippen LogP contribution in [0, 0.1) is 0 Å². The molecule has 0 aromatic heterocycles. The molecule has 0 heterocycles. The summed E-state index contributed by atoms with van der Waals surface area (Å²) in [5, 5.41) is 9.16. The summed E-state index contributed by atoms with van der Waals surface area (Å²) < 4.78 is 5.75. The van der Waals surface area contributed by atoms with Crippen LogP contribution < -0.4 is 0 Å². The van der Waals surface area contributed by atoms with E-state index in [9.17, 15) is 0 Å². The Morgan fingerprint density at radius 1 is 1.58 bits per heavy atom. The van der Waals surface area contributed by atoms with Crippen LogP contribution in [0.3, 0.4) is 0 Å². The molecule has 1 aromatic rings. The third-order valence-corrected chi connectivity index (χ3v) is 2.06. The first-order chi connectivity index (χ1) is 5.72. The zero-order valence-electron chi connectivity index (χ0n) is 6.83. The molecular weight excluding hydrogens is 220 g/mol. The van der Waals surface area contributed by atoms with Crippen LogP contribution >= 0.6 is 15.9 Å². The second-order valence-electron chi connectivity index (χ2n) is 2.52. The van der Waals surface area contributed by atoms with Gasteiger partial charge in [-0.3, -0.25) is 0 Å². The first-order valence-electron chi connectivity index (χ1n) is 3.67. The van der Waals surface area contributed by atoms with Gasteiger partial charge in [-0.15, -0.1) is 0 Å². The number of hydrogen-bond donors (Lipinski definition) is 1. The topological polar surface area (TPSA) is 29.5 Å². The summed E-state index contributed by atoms with van der Waals surface area (Å²) >= 11 is 3.35. The maximum absolute atomic E-state index is 9.16. The van der Waals surface area contributed by atoms with Crippen molar-refractivity contribution in [3.63, 3.8) is 0 Å². The van der Waals surface area contributed by atoms with Gasteiger partial charge in [0.25, 0.3) is 0 Å². The third kappa shape index (κ3) is 2.93. The maximum atomic E-state index is 9.16. The van der Waals surface area contributed by atoms with Gasteiger partial charge < -0.3 is 9.84 Å². The molecule has 0 bridgehead atoms. The quantitative estimate of drug-likeness (QED) is 0.805. The monoisotopic (exact) mass is 230 g/mol. The van der Waals surface area contributed by atoms with Gasteiger partial charge in [0.05, 0.1) is 0 Å². The Labute approximate surface area is 80.3 Å². The molecule has 12 heavy (non-hydrogen) atoms. The normalized spacial score (nSPS) is 12.9. The van der Waals surface area contributed by atoms with E-state index in [1.165, 1.54) is 7.11 Å². The standard InChI is InChI=1S/C9H11BrO2/c1-12-9(11)6-7-3-2-4-8(10)5-7/h2-5,9,11H,6H2,1H3. The summed E-state index contributed by atoms with van der Waals surface area (Å²) in [6.07, 6.45) is -0.185. The minimum atomic E-state index is -0.709. The lowest BCUT2D eigenvalue weighted by molar-refractivity contribution is -0.0720. The minimum absolute atomic E-state index is 0.524. The van der Waals surface area contributed by atoms with Crippen LogP contribution in [0.5, 0.6) is 0 Å². The number of aliphatic hydroxyl groups excluding tert-OH is 1. The lowest BCUT2D eigenvalue weighted by atomic mass is 10.1. The van der Waals surface area contributed by atoms with E-state index in [0.29, 0.717) is 6.42 Å². The van der Waals surface area contributed by atoms with Crippen LogP contribution in [-0.2, 0) is 11.2 Å². The van der Waals surface area contributed by atoms with Crippen LogP contribution in [0.15, 0.2) is 28.7 Å². The fourth-order valence-electron chi connectivity index (χ4n) is 0.949. The zero-order valence-corrected chi connectivity index (χ0v) is 8.41. The van der Waals surface area contributed by atoms with Crippen LogP contribution in [0.4, 0.5) is 0 Å². The first kappa shape index (κ1) is 9.71. The summed E-state index contributed by atoms with van der Waals surface area (Å²) in [4.78, 5) is 0. The summed E-state index contributed by atoms with van der Waals surface area (Å²) in [7, 11) is 1.49. The summed E-state index contributed by atoms with van der Waals surface area (Å²) in [5.41, 5.74) is 1.05. The van der Waals surface area contributed by atoms with Gasteiger partial charge in [-0.25, -0.2) is 0 Å². The largest absolute Gasteiger partial charge is 0.368 e. The number of ether oxygens (including phenoxy) is 1. The fourth-order valence-corrected chi connectivity index (χ4v) is 1.40. The van der Waals surface area contributed by atoms with E-state index in [4.69, 9.17) is 9.84 Å². The number of aliphatic hydroxyl groups is 1. The second kappa shape index (κ2) is 4.60. The molecule has 1 rings (SSSR count). The molecule has 0 fully saturated rings. The summed E-state index contributed by atoms with van der Waals surface area (Å²) in [6, 6.07) is 7.79. The number of hydrogen-bond acceptors (Lipinski definition) is 2. The van der Waals surface area contributed by atoms with Crippen molar-refractivity contribution in [3.05, 3.63) is 34.3 Å². The van der Waals surface area contributed by atoms with Crippen molar-refractivity contribution in [2.75, 3.05) is 7.11 Å². The Morgan fingerprint density at radius 2 is 2.33 bits per heavy atom. The Hall–Kier alpha value is -0.380. The molecule has 1 aromatic carbocycles. The van der Waals surface area contributed by atoms with Crippen LogP contribution in [0.25, 0.3) is 0 Å². The van der Waals surface area contributed by atoms with E-state index in [1.807, 2.05) is 24.3 Å². The van der Waals surface area contributed by atoms with E-state index in [2.05, 4.69) is 15.9 Å². The molecule has 0 aliphatic carbocycles. The van der Waals surface area contributed by atoms with E-state index in [0.717, 1.165) is 10.0 Å². The summed E-state index contributed by atoms with van der Waals surface area (Å²) in [5.74, 6) is 0. The van der Waals surface area contributed by atoms with Crippen molar-refractivity contribution >= 4 is 15.9 Å². The van der Waals surface area contributed by atoms with Gasteiger partial charge in [-0.2, -0.15) is 0 Å². The summed E-state index contributed by atoms with van der Waals surface area (Å²) in [6.45, 7) is 0. The molecule has 0 amide bonds. The highest BCUT2D eigenvalue weighted by Crippen LogP contribution is 2.13. The van der Waals surface area contributed by atoms with Gasteiger partial charge in [0, 0.05) is 18.0 Å². The Balaban J connectivity index is 2.63. The van der Waals surface area contributed by atoms with Crippen LogP contribution in [0.2, 0.25) is 0 Å². The van der Waals surface area contributed by atoms with Gasteiger partial charge in [0.1, 0.15) is 0 Å². The van der Waals surface area contributed by atoms with E-state index in [-0.39, 0.29) is 0 Å². The van der Waals surface area contributed by atoms with Crippen molar-refractivity contribution in [2.45, 2.75) is 12.7 Å². The maximum Gasteiger partial charge on any atom is 0.158 e. The highest BCUT2D eigenvalue weighted by molar-refractivity contribution is 9.10. The van der Waals surface area contributed by atoms with E-state index < -0.39 is 6.29 Å². The molecule has 1 unspecified atom stereocenters. The molecule has 0 aliphatic rings. The van der Waals surface area contributed by atoms with Crippen molar-refractivity contribution in [1.29, 1.82) is 0 Å². The molecule has 2 nitrogen and oxygen atoms in total. The number of halogens is 1. The number of rotatable bonds is 3. The predicted molar refractivity (Wildman–Crippen MR) is 50.9 cm³/mol. The average molecular weight is 231 g/mol. The molecule has 0 saturated carbocycles. The minimum Gasteiger partial charge on any atom is -0.368 e. The molecular formula is C9H11BrO2. The Bertz CT molecular complexity index is 250. The third-order valence-electron chi connectivity index (χ3n) is 1.57. The van der Waals surface area contributed by atoms with Gasteiger partial charge in [-0.1, -0.05) is 28.1 Å². The molecule has 0 saturated heterocycles. The zero-order chi connectivity index (χ0) is 8.97. The SMILES string of the molecule is COC(O)Cc1cccc(Br)c1. The van der Waals surface area contributed by atoms with Gasteiger partial charge in [-0.05, 0) is 17.7 Å². The van der Waals surface area contributed by atoms with E-state index in [1.54, 1.807) is 0 Å². The number of methoxy groups -OCH3 is 1. The molecule has 0 spiro atoms. The second-order valence-corrected chi connectivity index (χ2v) is 3.44. The molecule has 3 heteroatoms. The van der Waals surface area contributed by atoms with Gasteiger partial charge in [0.15, 0.2) is 6.29 Å². The highest BCUT2D eigenvalue weighted by atomic mass is 79.9. The van der Waals surface area contributed by atoms with Crippen molar-refractivity contribution in [3.8, 4) is 0 Å².